The molecule has 2 fully saturated rings. The Labute approximate surface area is 244 Å². The first-order chi connectivity index (χ1) is 19.0. The molecule has 2 saturated heterocycles. The Balaban J connectivity index is 1.35. The standard InChI is InChI=1S/C31H31ClN4OS2/c1-20-16-21(2)19-35(18-20)26-12-11-22(17-24(26)32)36-30(29(34-31(36)38)25-10-6-7-15-33-25)27-13-14-28(37-27)39-23-8-4-3-5-9-23/h3-15,17,20-21,29-30H,16,18-19H2,1-2H3,(H,34,38)/t20-,21+,29-,30-/m1/s1. The Morgan fingerprint density at radius 3 is 2.46 bits per heavy atom. The van der Waals surface area contributed by atoms with Crippen LogP contribution in [0.1, 0.15) is 43.8 Å². The van der Waals surface area contributed by atoms with Crippen LogP contribution in [0.5, 0.6) is 0 Å². The molecule has 0 amide bonds. The molecule has 4 aromatic rings. The summed E-state index contributed by atoms with van der Waals surface area (Å²) < 4.78 is 6.45. The van der Waals surface area contributed by atoms with Gasteiger partial charge < -0.3 is 19.5 Å². The zero-order valence-corrected chi connectivity index (χ0v) is 24.3. The van der Waals surface area contributed by atoms with E-state index < -0.39 is 0 Å². The SMILES string of the molecule is C[C@@H]1C[C@H](C)CN(c2ccc(N3C(=S)N[C@H](c4ccccn4)[C@H]3c3ccc(Sc4ccccc4)o3)cc2Cl)C1. The molecule has 0 spiro atoms. The molecule has 200 valence electrons. The lowest BCUT2D eigenvalue weighted by molar-refractivity contribution is 0.357. The second-order valence-corrected chi connectivity index (χ2v) is 12.4. The van der Waals surface area contributed by atoms with E-state index >= 15 is 0 Å². The van der Waals surface area contributed by atoms with Crippen molar-refractivity contribution in [3.63, 3.8) is 0 Å². The number of hydrogen-bond acceptors (Lipinski definition) is 5. The summed E-state index contributed by atoms with van der Waals surface area (Å²) in [5.41, 5.74) is 2.91. The zero-order valence-electron chi connectivity index (χ0n) is 22.0. The van der Waals surface area contributed by atoms with E-state index in [1.54, 1.807) is 11.8 Å². The maximum Gasteiger partial charge on any atom is 0.174 e. The number of rotatable bonds is 6. The Morgan fingerprint density at radius 1 is 0.974 bits per heavy atom. The average molecular weight is 575 g/mol. The molecule has 39 heavy (non-hydrogen) atoms. The summed E-state index contributed by atoms with van der Waals surface area (Å²) in [5, 5.41) is 5.69. The molecule has 0 unspecified atom stereocenters. The number of halogens is 1. The molecule has 6 rings (SSSR count). The largest absolute Gasteiger partial charge is 0.452 e. The molecular formula is C31H31ClN4OS2. The van der Waals surface area contributed by atoms with Crippen molar-refractivity contribution in [1.29, 1.82) is 0 Å². The second kappa shape index (κ2) is 11.2. The minimum atomic E-state index is -0.227. The van der Waals surface area contributed by atoms with Gasteiger partial charge >= 0.3 is 0 Å². The Morgan fingerprint density at radius 2 is 1.74 bits per heavy atom. The van der Waals surface area contributed by atoms with Crippen molar-refractivity contribution in [1.82, 2.24) is 10.3 Å². The lowest BCUT2D eigenvalue weighted by Crippen LogP contribution is -2.38. The summed E-state index contributed by atoms with van der Waals surface area (Å²) in [6.07, 6.45) is 3.06. The highest BCUT2D eigenvalue weighted by molar-refractivity contribution is 7.99. The van der Waals surface area contributed by atoms with Crippen molar-refractivity contribution >= 4 is 52.1 Å². The maximum atomic E-state index is 6.95. The van der Waals surface area contributed by atoms with Crippen molar-refractivity contribution in [2.24, 2.45) is 11.8 Å². The summed E-state index contributed by atoms with van der Waals surface area (Å²) >= 11 is 14.5. The second-order valence-electron chi connectivity index (χ2n) is 10.6. The van der Waals surface area contributed by atoms with Crippen LogP contribution in [0.15, 0.2) is 99.5 Å². The van der Waals surface area contributed by atoms with Gasteiger partial charge in [-0.2, -0.15) is 0 Å². The number of furan rings is 1. The molecule has 2 aliphatic rings. The van der Waals surface area contributed by atoms with Gasteiger partial charge in [0.05, 0.1) is 22.4 Å². The third-order valence-electron chi connectivity index (χ3n) is 7.37. The van der Waals surface area contributed by atoms with Crippen molar-refractivity contribution in [3.8, 4) is 0 Å². The monoisotopic (exact) mass is 574 g/mol. The fourth-order valence-electron chi connectivity index (χ4n) is 5.84. The first-order valence-electron chi connectivity index (χ1n) is 13.3. The molecule has 0 saturated carbocycles. The Hall–Kier alpha value is -3.00. The number of nitrogens with zero attached hydrogens (tertiary/aromatic N) is 3. The number of pyridine rings is 1. The highest BCUT2D eigenvalue weighted by Gasteiger charge is 2.43. The first kappa shape index (κ1) is 26.2. The van der Waals surface area contributed by atoms with Gasteiger partial charge in [-0.15, -0.1) is 0 Å². The number of anilines is 2. The van der Waals surface area contributed by atoms with Gasteiger partial charge in [0.25, 0.3) is 0 Å². The van der Waals surface area contributed by atoms with Crippen LogP contribution in [0, 0.1) is 11.8 Å². The molecule has 5 nitrogen and oxygen atoms in total. The Kier molecular flexibility index (Phi) is 7.56. The summed E-state index contributed by atoms with van der Waals surface area (Å²) in [6, 6.07) is 26.1. The van der Waals surface area contributed by atoms with Crippen LogP contribution in [0.4, 0.5) is 11.4 Å². The fourth-order valence-corrected chi connectivity index (χ4v) is 7.28. The molecule has 8 heteroatoms. The molecule has 0 radical (unpaired) electrons. The van der Waals surface area contributed by atoms with Gasteiger partial charge in [0.2, 0.25) is 0 Å². The number of benzene rings is 2. The maximum absolute atomic E-state index is 6.95. The summed E-state index contributed by atoms with van der Waals surface area (Å²) in [5.74, 6) is 2.10. The van der Waals surface area contributed by atoms with E-state index in [0.717, 1.165) is 50.9 Å². The van der Waals surface area contributed by atoms with E-state index in [1.165, 1.54) is 6.42 Å². The van der Waals surface area contributed by atoms with Crippen LogP contribution in [0.2, 0.25) is 5.02 Å². The molecule has 2 aromatic carbocycles. The molecular weight excluding hydrogens is 544 g/mol. The minimum absolute atomic E-state index is 0.179. The fraction of sp³-hybridized carbons (Fsp3) is 0.290. The normalized spacial score (nSPS) is 23.2. The molecule has 4 atom stereocenters. The zero-order chi connectivity index (χ0) is 26.9. The van der Waals surface area contributed by atoms with E-state index in [2.05, 4.69) is 58.2 Å². The van der Waals surface area contributed by atoms with E-state index in [0.29, 0.717) is 16.9 Å². The van der Waals surface area contributed by atoms with Crippen LogP contribution in [0.25, 0.3) is 0 Å². The number of thiocarbonyl (C=S) groups is 1. The number of hydrogen-bond donors (Lipinski definition) is 1. The van der Waals surface area contributed by atoms with Gasteiger partial charge in [0.15, 0.2) is 10.2 Å². The molecule has 0 bridgehead atoms. The van der Waals surface area contributed by atoms with Gasteiger partial charge in [-0.05, 0) is 85.1 Å². The topological polar surface area (TPSA) is 44.5 Å². The van der Waals surface area contributed by atoms with Crippen molar-refractivity contribution in [3.05, 3.63) is 102 Å². The van der Waals surface area contributed by atoms with Gasteiger partial charge in [-0.3, -0.25) is 4.98 Å². The van der Waals surface area contributed by atoms with Crippen LogP contribution in [-0.4, -0.2) is 23.2 Å². The third-order valence-corrected chi connectivity index (χ3v) is 8.92. The van der Waals surface area contributed by atoms with Crippen LogP contribution in [0.3, 0.4) is 0 Å². The van der Waals surface area contributed by atoms with Crippen molar-refractivity contribution in [2.75, 3.05) is 22.9 Å². The third kappa shape index (κ3) is 5.53. The van der Waals surface area contributed by atoms with Crippen LogP contribution < -0.4 is 15.1 Å². The van der Waals surface area contributed by atoms with E-state index in [4.69, 9.17) is 28.2 Å². The predicted octanol–water partition coefficient (Wildman–Crippen LogP) is 8.14. The Bertz CT molecular complexity index is 1440. The smallest absolute Gasteiger partial charge is 0.174 e. The highest BCUT2D eigenvalue weighted by Crippen LogP contribution is 2.45. The lowest BCUT2D eigenvalue weighted by atomic mass is 9.91. The van der Waals surface area contributed by atoms with Gasteiger partial charge in [0, 0.05) is 29.9 Å². The summed E-state index contributed by atoms with van der Waals surface area (Å²) in [4.78, 5) is 10.3. The first-order valence-corrected chi connectivity index (χ1v) is 14.9. The molecule has 2 aromatic heterocycles. The van der Waals surface area contributed by atoms with E-state index in [9.17, 15) is 0 Å². The van der Waals surface area contributed by atoms with Crippen LogP contribution in [-0.2, 0) is 0 Å². The predicted molar refractivity (Wildman–Crippen MR) is 164 cm³/mol. The lowest BCUT2D eigenvalue weighted by Gasteiger charge is -2.37. The van der Waals surface area contributed by atoms with Crippen molar-refractivity contribution in [2.45, 2.75) is 42.3 Å². The molecule has 0 aliphatic carbocycles. The summed E-state index contributed by atoms with van der Waals surface area (Å²) in [7, 11) is 0. The van der Waals surface area contributed by atoms with Gasteiger partial charge in [-0.25, -0.2) is 0 Å². The van der Waals surface area contributed by atoms with E-state index in [-0.39, 0.29) is 12.1 Å². The number of piperidine rings is 1. The van der Waals surface area contributed by atoms with Gasteiger partial charge in [-0.1, -0.05) is 61.5 Å². The van der Waals surface area contributed by atoms with E-state index in [1.807, 2.05) is 60.8 Å². The quantitative estimate of drug-likeness (QED) is 0.233. The summed E-state index contributed by atoms with van der Waals surface area (Å²) in [6.45, 7) is 6.67. The van der Waals surface area contributed by atoms with Crippen molar-refractivity contribution < 1.29 is 4.42 Å². The van der Waals surface area contributed by atoms with Gasteiger partial charge in [0.1, 0.15) is 11.8 Å². The highest BCUT2D eigenvalue weighted by atomic mass is 35.5. The number of nitrogens with one attached hydrogen (secondary N) is 1. The van der Waals surface area contributed by atoms with Crippen LogP contribution >= 0.6 is 35.6 Å². The number of aromatic nitrogens is 1. The minimum Gasteiger partial charge on any atom is -0.452 e. The average Bonchev–Trinajstić information content (AvgIpc) is 3.53. The molecule has 2 aliphatic heterocycles. The molecule has 1 N–H and O–H groups in total. The molecule has 4 heterocycles.